The summed E-state index contributed by atoms with van der Waals surface area (Å²) in [5, 5.41) is 5.01. The van der Waals surface area contributed by atoms with Crippen molar-refractivity contribution in [1.29, 1.82) is 0 Å². The monoisotopic (exact) mass is 276 g/mol. The largest absolute Gasteiger partial charge is 0.294 e. The van der Waals surface area contributed by atoms with Crippen molar-refractivity contribution in [3.63, 3.8) is 0 Å². The molecular formula is C15H17ClN2O. The molecule has 0 N–H and O–H groups in total. The van der Waals surface area contributed by atoms with Gasteiger partial charge in [0.2, 0.25) is 0 Å². The van der Waals surface area contributed by atoms with Gasteiger partial charge in [-0.05, 0) is 31.5 Å². The lowest BCUT2D eigenvalue weighted by atomic mass is 10.1. The van der Waals surface area contributed by atoms with Crippen molar-refractivity contribution in [3.8, 4) is 0 Å². The summed E-state index contributed by atoms with van der Waals surface area (Å²) in [5.74, 6) is 0.0388. The van der Waals surface area contributed by atoms with Crippen LogP contribution in [0.5, 0.6) is 0 Å². The number of rotatable bonds is 5. The highest BCUT2D eigenvalue weighted by molar-refractivity contribution is 6.31. The van der Waals surface area contributed by atoms with Crippen LogP contribution in [0.1, 0.15) is 42.4 Å². The highest BCUT2D eigenvalue weighted by Gasteiger charge is 2.11. The number of benzene rings is 1. The number of halogens is 1. The van der Waals surface area contributed by atoms with Crippen molar-refractivity contribution < 1.29 is 4.79 Å². The third kappa shape index (κ3) is 3.44. The fraction of sp³-hybridized carbons (Fsp3) is 0.333. The lowest BCUT2D eigenvalue weighted by Gasteiger charge is -2.08. The van der Waals surface area contributed by atoms with Gasteiger partial charge in [0, 0.05) is 22.8 Å². The van der Waals surface area contributed by atoms with Crippen LogP contribution in [-0.2, 0) is 6.42 Å². The lowest BCUT2D eigenvalue weighted by Crippen LogP contribution is -2.07. The lowest BCUT2D eigenvalue weighted by molar-refractivity contribution is 0.0991. The van der Waals surface area contributed by atoms with E-state index < -0.39 is 0 Å². The molecular weight excluding hydrogens is 260 g/mol. The first-order valence-electron chi connectivity index (χ1n) is 6.43. The molecule has 0 amide bonds. The molecule has 19 heavy (non-hydrogen) atoms. The second-order valence-corrected chi connectivity index (χ2v) is 5.09. The van der Waals surface area contributed by atoms with Crippen LogP contribution in [-0.4, -0.2) is 15.6 Å². The van der Waals surface area contributed by atoms with Gasteiger partial charge < -0.3 is 0 Å². The molecule has 1 heterocycles. The maximum Gasteiger partial charge on any atom is 0.168 e. The standard InChI is InChI=1S/C15H17ClN2O/c1-3-11(2)18-8-7-14(17-18)10-15(19)12-5-4-6-13(16)9-12/h4-9,11H,3,10H2,1-2H3. The van der Waals surface area contributed by atoms with Crippen molar-refractivity contribution >= 4 is 17.4 Å². The van der Waals surface area contributed by atoms with Crippen LogP contribution in [0, 0.1) is 0 Å². The molecule has 0 spiro atoms. The van der Waals surface area contributed by atoms with E-state index in [0.29, 0.717) is 23.0 Å². The quantitative estimate of drug-likeness (QED) is 0.776. The summed E-state index contributed by atoms with van der Waals surface area (Å²) in [4.78, 5) is 12.1. The van der Waals surface area contributed by atoms with Crippen LogP contribution in [0.4, 0.5) is 0 Å². The van der Waals surface area contributed by atoms with Gasteiger partial charge in [-0.2, -0.15) is 5.10 Å². The minimum atomic E-state index is 0.0388. The van der Waals surface area contributed by atoms with Crippen molar-refractivity contribution in [2.45, 2.75) is 32.7 Å². The minimum absolute atomic E-state index is 0.0388. The van der Waals surface area contributed by atoms with E-state index in [-0.39, 0.29) is 5.78 Å². The molecule has 3 nitrogen and oxygen atoms in total. The van der Waals surface area contributed by atoms with Crippen LogP contribution in [0.25, 0.3) is 0 Å². The molecule has 0 fully saturated rings. The van der Waals surface area contributed by atoms with Crippen LogP contribution in [0.2, 0.25) is 5.02 Å². The van der Waals surface area contributed by atoms with Gasteiger partial charge in [0.15, 0.2) is 5.78 Å². The summed E-state index contributed by atoms with van der Waals surface area (Å²) < 4.78 is 1.90. The number of nitrogens with zero attached hydrogens (tertiary/aromatic N) is 2. The Bertz CT molecular complexity index is 577. The van der Waals surface area contributed by atoms with Crippen LogP contribution in [0.15, 0.2) is 36.5 Å². The first kappa shape index (κ1) is 13.8. The molecule has 0 radical (unpaired) electrons. The molecule has 1 aromatic heterocycles. The third-order valence-corrected chi connectivity index (χ3v) is 3.43. The molecule has 0 saturated carbocycles. The van der Waals surface area contributed by atoms with Gasteiger partial charge in [-0.15, -0.1) is 0 Å². The van der Waals surface area contributed by atoms with Gasteiger partial charge in [0.05, 0.1) is 12.1 Å². The van der Waals surface area contributed by atoms with Crippen LogP contribution in [0.3, 0.4) is 0 Å². The Balaban J connectivity index is 2.09. The summed E-state index contributed by atoms with van der Waals surface area (Å²) in [6.07, 6.45) is 3.25. The molecule has 100 valence electrons. The Labute approximate surface area is 118 Å². The molecule has 1 atom stereocenters. The van der Waals surface area contributed by atoms with Crippen molar-refractivity contribution in [2.24, 2.45) is 0 Å². The number of ketones is 1. The maximum absolute atomic E-state index is 12.1. The van der Waals surface area contributed by atoms with E-state index in [1.54, 1.807) is 24.3 Å². The predicted molar refractivity (Wildman–Crippen MR) is 76.7 cm³/mol. The molecule has 0 bridgehead atoms. The van der Waals surface area contributed by atoms with Gasteiger partial charge >= 0.3 is 0 Å². The Morgan fingerprint density at radius 3 is 2.89 bits per heavy atom. The topological polar surface area (TPSA) is 34.9 Å². The molecule has 0 aliphatic carbocycles. The second-order valence-electron chi connectivity index (χ2n) is 4.65. The van der Waals surface area contributed by atoms with E-state index in [4.69, 9.17) is 11.6 Å². The summed E-state index contributed by atoms with van der Waals surface area (Å²) in [7, 11) is 0. The SMILES string of the molecule is CCC(C)n1ccc(CC(=O)c2cccc(Cl)c2)n1. The van der Waals surface area contributed by atoms with Crippen molar-refractivity contribution in [3.05, 3.63) is 52.8 Å². The fourth-order valence-corrected chi connectivity index (χ4v) is 2.02. The van der Waals surface area contributed by atoms with Gasteiger partial charge in [0.25, 0.3) is 0 Å². The predicted octanol–water partition coefficient (Wildman–Crippen LogP) is 3.93. The molecule has 4 heteroatoms. The zero-order valence-corrected chi connectivity index (χ0v) is 11.9. The summed E-state index contributed by atoms with van der Waals surface area (Å²) >= 11 is 5.88. The van der Waals surface area contributed by atoms with E-state index in [2.05, 4.69) is 18.9 Å². The Kier molecular flexibility index (Phi) is 4.38. The average Bonchev–Trinajstić information content (AvgIpc) is 2.86. The van der Waals surface area contributed by atoms with Gasteiger partial charge in [-0.1, -0.05) is 30.7 Å². The van der Waals surface area contributed by atoms with Crippen molar-refractivity contribution in [2.75, 3.05) is 0 Å². The minimum Gasteiger partial charge on any atom is -0.294 e. The Morgan fingerprint density at radius 1 is 1.42 bits per heavy atom. The molecule has 1 aromatic carbocycles. The summed E-state index contributed by atoms with van der Waals surface area (Å²) in [6.45, 7) is 4.22. The number of carbonyl (C=O) groups is 1. The first-order valence-corrected chi connectivity index (χ1v) is 6.80. The molecule has 1 unspecified atom stereocenters. The molecule has 2 rings (SSSR count). The number of carbonyl (C=O) groups excluding carboxylic acids is 1. The first-order chi connectivity index (χ1) is 9.10. The third-order valence-electron chi connectivity index (χ3n) is 3.19. The van der Waals surface area contributed by atoms with Gasteiger partial charge in [-0.25, -0.2) is 0 Å². The molecule has 0 saturated heterocycles. The highest BCUT2D eigenvalue weighted by atomic mass is 35.5. The Hall–Kier alpha value is -1.61. The number of hydrogen-bond acceptors (Lipinski definition) is 2. The highest BCUT2D eigenvalue weighted by Crippen LogP contribution is 2.14. The number of Topliss-reactive ketones (excluding diaryl/α,β-unsaturated/α-hetero) is 1. The molecule has 0 aliphatic rings. The second kappa shape index (κ2) is 6.02. The summed E-state index contributed by atoms with van der Waals surface area (Å²) in [5.41, 5.74) is 1.43. The van der Waals surface area contributed by atoms with Gasteiger partial charge in [0.1, 0.15) is 0 Å². The van der Waals surface area contributed by atoms with Gasteiger partial charge in [-0.3, -0.25) is 9.48 Å². The van der Waals surface area contributed by atoms with Crippen molar-refractivity contribution in [1.82, 2.24) is 9.78 Å². The zero-order valence-electron chi connectivity index (χ0n) is 11.1. The van der Waals surface area contributed by atoms with Crippen LogP contribution >= 0.6 is 11.6 Å². The summed E-state index contributed by atoms with van der Waals surface area (Å²) in [6, 6.07) is 9.27. The van der Waals surface area contributed by atoms with Crippen LogP contribution < -0.4 is 0 Å². The van der Waals surface area contributed by atoms with E-state index >= 15 is 0 Å². The smallest absolute Gasteiger partial charge is 0.168 e. The van der Waals surface area contributed by atoms with E-state index in [1.165, 1.54) is 0 Å². The molecule has 0 aliphatic heterocycles. The van der Waals surface area contributed by atoms with E-state index in [1.807, 2.05) is 16.9 Å². The number of hydrogen-bond donors (Lipinski definition) is 0. The average molecular weight is 277 g/mol. The zero-order chi connectivity index (χ0) is 13.8. The van der Waals surface area contributed by atoms with E-state index in [0.717, 1.165) is 12.1 Å². The van der Waals surface area contributed by atoms with E-state index in [9.17, 15) is 4.79 Å². The maximum atomic E-state index is 12.1. The number of aromatic nitrogens is 2. The fourth-order valence-electron chi connectivity index (χ4n) is 1.83. The molecule has 2 aromatic rings. The Morgan fingerprint density at radius 2 is 2.21 bits per heavy atom. The normalized spacial score (nSPS) is 12.4.